The first-order valence-electron chi connectivity index (χ1n) is 18.9. The number of ether oxygens (including phenoxy) is 1. The Morgan fingerprint density at radius 3 is 2.40 bits per heavy atom. The zero-order valence-electron chi connectivity index (χ0n) is 32.9. The fourth-order valence-electron chi connectivity index (χ4n) is 6.76. The molecule has 0 bridgehead atoms. The highest BCUT2D eigenvalue weighted by atomic mass is 32.2. The lowest BCUT2D eigenvalue weighted by Crippen LogP contribution is -2.62. The van der Waals surface area contributed by atoms with Gasteiger partial charge in [0.15, 0.2) is 0 Å². The highest BCUT2D eigenvalue weighted by molar-refractivity contribution is 7.98. The topological polar surface area (TPSA) is 294 Å². The molecule has 20 nitrogen and oxygen atoms in total. The van der Waals surface area contributed by atoms with Crippen LogP contribution in [0.5, 0.6) is 11.5 Å². The molecule has 1 fully saturated rings. The Hall–Kier alpha value is -6.32. The van der Waals surface area contributed by atoms with Crippen molar-refractivity contribution >= 4 is 41.5 Å². The van der Waals surface area contributed by atoms with Gasteiger partial charge in [0.1, 0.15) is 41.5 Å². The molecule has 322 valence electrons. The number of nitrogens with zero attached hydrogens (tertiary/aromatic N) is 2. The molecule has 10 N–H and O–H groups in total. The maximum atomic E-state index is 14.0. The monoisotopic (exact) mass is 852 g/mol. The molecule has 2 aliphatic heterocycles. The number of aromatic nitrogens is 2. The third-order valence-electron chi connectivity index (χ3n) is 10.2. The Morgan fingerprint density at radius 2 is 1.72 bits per heavy atom. The predicted molar refractivity (Wildman–Crippen MR) is 217 cm³/mol. The number of aliphatic hydroxyl groups excluding tert-OH is 1. The lowest BCUT2D eigenvalue weighted by atomic mass is 9.94. The van der Waals surface area contributed by atoms with Gasteiger partial charge in [-0.3, -0.25) is 28.7 Å². The molecule has 3 aromatic rings. The highest BCUT2D eigenvalue weighted by Gasteiger charge is 2.38. The molecule has 1 saturated heterocycles. The van der Waals surface area contributed by atoms with Crippen molar-refractivity contribution in [1.82, 2.24) is 41.0 Å². The summed E-state index contributed by atoms with van der Waals surface area (Å²) >= 11 is 1.37. The average Bonchev–Trinajstić information content (AvgIpc) is 3.59. The molecular weight excluding hydrogens is 805 g/mol. The van der Waals surface area contributed by atoms with E-state index in [-0.39, 0.29) is 49.5 Å². The number of aliphatic hydroxyl groups is 1. The van der Waals surface area contributed by atoms with Crippen molar-refractivity contribution < 1.29 is 49.1 Å². The molecule has 0 saturated carbocycles. The van der Waals surface area contributed by atoms with Gasteiger partial charge in [0.05, 0.1) is 12.1 Å². The second-order valence-electron chi connectivity index (χ2n) is 14.4. The number of hydrogen-bond donors (Lipinski definition) is 10. The van der Waals surface area contributed by atoms with Crippen LogP contribution in [0, 0.1) is 0 Å². The number of carbonyl (C=O) groups is 5. The van der Waals surface area contributed by atoms with Crippen LogP contribution < -0.4 is 37.8 Å². The Balaban J connectivity index is 1.35. The van der Waals surface area contributed by atoms with Crippen LogP contribution in [-0.4, -0.2) is 120 Å². The number of nitrogens with one attached hydrogen (secondary N) is 6. The van der Waals surface area contributed by atoms with Gasteiger partial charge in [0, 0.05) is 50.5 Å². The van der Waals surface area contributed by atoms with Gasteiger partial charge in [-0.2, -0.15) is 11.8 Å². The van der Waals surface area contributed by atoms with Crippen molar-refractivity contribution in [3.8, 4) is 11.5 Å². The fraction of sp³-hybridized carbons (Fsp3) is 0.410. The van der Waals surface area contributed by atoms with Crippen molar-refractivity contribution in [2.45, 2.75) is 81.7 Å². The number of urea groups is 1. The van der Waals surface area contributed by atoms with E-state index in [1.54, 1.807) is 24.5 Å². The molecule has 60 heavy (non-hydrogen) atoms. The van der Waals surface area contributed by atoms with E-state index < -0.39 is 83.5 Å². The molecule has 0 spiro atoms. The van der Waals surface area contributed by atoms with Crippen LogP contribution in [0.25, 0.3) is 0 Å². The number of benzene rings is 2. The molecule has 21 heteroatoms. The number of aromatic amines is 1. The number of fused-ring (bicyclic) bond motifs is 1. The zero-order valence-corrected chi connectivity index (χ0v) is 33.7. The number of likely N-dealkylation sites (N-methyl/N-ethyl adjacent to an activating group) is 1. The van der Waals surface area contributed by atoms with E-state index in [2.05, 4.69) is 31.6 Å². The number of phenols is 2. The largest absolute Gasteiger partial charge is 0.508 e. The molecule has 3 heterocycles. The summed E-state index contributed by atoms with van der Waals surface area (Å²) < 4.78 is 6.70. The summed E-state index contributed by atoms with van der Waals surface area (Å²) in [5.74, 6) is -2.94. The second kappa shape index (κ2) is 20.1. The van der Waals surface area contributed by atoms with Gasteiger partial charge in [-0.1, -0.05) is 24.3 Å². The van der Waals surface area contributed by atoms with Crippen molar-refractivity contribution in [1.29, 1.82) is 0 Å². The first kappa shape index (κ1) is 44.8. The fourth-order valence-corrected chi connectivity index (χ4v) is 7.23. The Labute approximate surface area is 347 Å². The molecule has 1 aromatic heterocycles. The normalized spacial score (nSPS) is 19.7. The minimum Gasteiger partial charge on any atom is -0.508 e. The summed E-state index contributed by atoms with van der Waals surface area (Å²) in [7, 11) is 1.46. The van der Waals surface area contributed by atoms with E-state index in [4.69, 9.17) is 4.74 Å². The number of rotatable bonds is 16. The quantitative estimate of drug-likeness (QED) is 0.0857. The van der Waals surface area contributed by atoms with E-state index in [1.165, 1.54) is 54.9 Å². The number of thioether (sulfide) groups is 1. The first-order valence-corrected chi connectivity index (χ1v) is 20.3. The van der Waals surface area contributed by atoms with Crippen LogP contribution in [0.15, 0.2) is 76.3 Å². The van der Waals surface area contributed by atoms with Crippen LogP contribution in [0.4, 0.5) is 4.79 Å². The van der Waals surface area contributed by atoms with Crippen LogP contribution in [0.3, 0.4) is 0 Å². The minimum absolute atomic E-state index is 0.0231. The molecule has 5 rings (SSSR count). The summed E-state index contributed by atoms with van der Waals surface area (Å²) in [6.07, 6.45) is 1.60. The maximum Gasteiger partial charge on any atom is 0.331 e. The number of phenolic OH excluding ortho intramolecular Hbond substituents is 2. The van der Waals surface area contributed by atoms with Crippen molar-refractivity contribution in [2.75, 3.05) is 19.1 Å². The Kier molecular flexibility index (Phi) is 15.0. The number of carbonyl (C=O) groups excluding carboxylic acids is 4. The molecule has 0 radical (unpaired) electrons. The second-order valence-corrected chi connectivity index (χ2v) is 15.3. The molecule has 0 aliphatic carbocycles. The van der Waals surface area contributed by atoms with Crippen LogP contribution in [0.1, 0.15) is 42.7 Å². The van der Waals surface area contributed by atoms with Gasteiger partial charge in [-0.25, -0.2) is 14.4 Å². The standard InChI is InChI=1S/C39H48N8O12S/c1-20(46(2)35(54)27-16-22-5-4-6-29(49)25(22)19-40-27)32(34(53)41-18-24-17-30(50)36(59-24)47-13-11-31(51)44-39(47)58)45-33(52)26(12-14-60-3)42-38(57)43-28(37(55)56)15-21-7-9-23(48)10-8-21/h4-11,13,18,20,26-28,30,32,36,40,48-50H,12,14-17,19H2,1-3H3,(H,41,53)(H,45,52)(H,55,56)(H2,42,43,57)(H,44,51,58)/b24-18-/t20-,26-,27-,28-,30+,32-,36+/m0/s1. The summed E-state index contributed by atoms with van der Waals surface area (Å²) in [6.45, 7) is 1.74. The number of amides is 5. The summed E-state index contributed by atoms with van der Waals surface area (Å²) in [4.78, 5) is 94.5. The van der Waals surface area contributed by atoms with Gasteiger partial charge in [-0.05, 0) is 61.1 Å². The number of carboxylic acid groups (broad SMARTS) is 1. The van der Waals surface area contributed by atoms with Crippen LogP contribution in [-0.2, 0) is 43.3 Å². The molecule has 2 aliphatic rings. The maximum absolute atomic E-state index is 14.0. The number of aliphatic carboxylic acids is 1. The smallest absolute Gasteiger partial charge is 0.331 e. The van der Waals surface area contributed by atoms with Crippen molar-refractivity contribution in [3.63, 3.8) is 0 Å². The molecular formula is C39H48N8O12S. The Bertz CT molecular complexity index is 2210. The molecule has 2 aromatic carbocycles. The minimum atomic E-state index is -1.48. The molecule has 7 atom stereocenters. The van der Waals surface area contributed by atoms with Gasteiger partial charge in [0.25, 0.3) is 5.56 Å². The summed E-state index contributed by atoms with van der Waals surface area (Å²) in [5.41, 5.74) is 0.450. The Morgan fingerprint density at radius 1 is 1.00 bits per heavy atom. The third-order valence-corrected chi connectivity index (χ3v) is 10.9. The van der Waals surface area contributed by atoms with Crippen molar-refractivity contribution in [2.24, 2.45) is 0 Å². The zero-order chi connectivity index (χ0) is 43.7. The first-order chi connectivity index (χ1) is 28.6. The SMILES string of the molecule is CSCC[C@H](NC(=O)N[C@@H](Cc1ccc(O)cc1)C(=O)O)C(=O)N[C@H](C(=O)N/C=C1/C[C@@H](O)[C@H](n2ccc(=O)[nH]c2=O)O1)[C@H](C)N(C)C(=O)[C@@H]1Cc2cccc(O)c2CN1. The number of hydrogen-bond acceptors (Lipinski definition) is 13. The third kappa shape index (κ3) is 11.2. The average molecular weight is 853 g/mol. The summed E-state index contributed by atoms with van der Waals surface area (Å²) in [5, 5.41) is 53.5. The van der Waals surface area contributed by atoms with E-state index in [0.717, 1.165) is 28.6 Å². The van der Waals surface area contributed by atoms with Gasteiger partial charge in [-0.15, -0.1) is 0 Å². The highest BCUT2D eigenvalue weighted by Crippen LogP contribution is 2.30. The van der Waals surface area contributed by atoms with Crippen molar-refractivity contribution in [3.05, 3.63) is 104 Å². The lowest BCUT2D eigenvalue weighted by molar-refractivity contribution is -0.139. The van der Waals surface area contributed by atoms with E-state index in [0.29, 0.717) is 16.9 Å². The lowest BCUT2D eigenvalue weighted by Gasteiger charge is -2.36. The van der Waals surface area contributed by atoms with E-state index in [1.807, 2.05) is 0 Å². The molecule has 0 unspecified atom stereocenters. The predicted octanol–water partition coefficient (Wildman–Crippen LogP) is -0.652. The number of H-pyrrole nitrogens is 1. The van der Waals surface area contributed by atoms with E-state index in [9.17, 15) is 54.0 Å². The summed E-state index contributed by atoms with van der Waals surface area (Å²) in [6, 6.07) is 4.93. The van der Waals surface area contributed by atoms with Gasteiger partial charge in [0.2, 0.25) is 23.9 Å². The van der Waals surface area contributed by atoms with Gasteiger partial charge < -0.3 is 56.6 Å². The van der Waals surface area contributed by atoms with Crippen LogP contribution >= 0.6 is 11.8 Å². The van der Waals surface area contributed by atoms with Crippen LogP contribution in [0.2, 0.25) is 0 Å². The molecule has 5 amide bonds. The van der Waals surface area contributed by atoms with E-state index >= 15 is 0 Å². The number of carboxylic acids is 1. The van der Waals surface area contributed by atoms with Gasteiger partial charge >= 0.3 is 17.7 Å². The number of aromatic hydroxyl groups is 2.